The average Bonchev–Trinajstić information content (AvgIpc) is 2.49. The van der Waals surface area contributed by atoms with Gasteiger partial charge in [0.2, 0.25) is 0 Å². The van der Waals surface area contributed by atoms with Gasteiger partial charge in [0.05, 0.1) is 12.5 Å². The number of nitrogens with one attached hydrogen (secondary N) is 1. The van der Waals surface area contributed by atoms with Crippen molar-refractivity contribution in [3.05, 3.63) is 57.6 Å². The fourth-order valence-corrected chi connectivity index (χ4v) is 2.55. The summed E-state index contributed by atoms with van der Waals surface area (Å²) in [7, 11) is 0. The third-order valence-corrected chi connectivity index (χ3v) is 3.89. The standard InChI is InChI=1S/C16H16Cl3NO/c1-2-21-16-6-4-14(8-11(16)9-17)20-10-12-7-13(18)3-5-15(12)19/h3-8,20H,2,9-10H2,1H3. The van der Waals surface area contributed by atoms with E-state index in [2.05, 4.69) is 5.32 Å². The third kappa shape index (κ3) is 4.44. The third-order valence-electron chi connectivity index (χ3n) is 3.00. The molecule has 0 aliphatic rings. The van der Waals surface area contributed by atoms with Crippen molar-refractivity contribution in [1.82, 2.24) is 0 Å². The normalized spacial score (nSPS) is 10.5. The molecule has 0 saturated carbocycles. The largest absolute Gasteiger partial charge is 0.494 e. The highest BCUT2D eigenvalue weighted by Gasteiger charge is 2.05. The maximum atomic E-state index is 6.15. The fourth-order valence-electron chi connectivity index (χ4n) is 1.97. The monoisotopic (exact) mass is 343 g/mol. The Labute approximate surface area is 140 Å². The number of halogens is 3. The Kier molecular flexibility index (Phi) is 6.04. The van der Waals surface area contributed by atoms with Crippen molar-refractivity contribution >= 4 is 40.5 Å². The zero-order valence-corrected chi connectivity index (χ0v) is 13.9. The summed E-state index contributed by atoms with van der Waals surface area (Å²) in [5.41, 5.74) is 2.87. The lowest BCUT2D eigenvalue weighted by Gasteiger charge is -2.12. The molecule has 2 nitrogen and oxygen atoms in total. The number of benzene rings is 2. The van der Waals surface area contributed by atoms with Crippen LogP contribution < -0.4 is 10.1 Å². The lowest BCUT2D eigenvalue weighted by atomic mass is 10.1. The fraction of sp³-hybridized carbons (Fsp3) is 0.250. The van der Waals surface area contributed by atoms with Gasteiger partial charge >= 0.3 is 0 Å². The van der Waals surface area contributed by atoms with E-state index >= 15 is 0 Å². The number of rotatable bonds is 6. The van der Waals surface area contributed by atoms with Crippen molar-refractivity contribution in [2.24, 2.45) is 0 Å². The van der Waals surface area contributed by atoms with Crippen LogP contribution in [0.25, 0.3) is 0 Å². The van der Waals surface area contributed by atoms with Gasteiger partial charge in [-0.1, -0.05) is 23.2 Å². The molecule has 0 saturated heterocycles. The molecule has 0 aromatic heterocycles. The predicted octanol–water partition coefficient (Wildman–Crippen LogP) is 5.74. The topological polar surface area (TPSA) is 21.3 Å². The summed E-state index contributed by atoms with van der Waals surface area (Å²) in [6.45, 7) is 3.16. The Bertz CT molecular complexity index is 616. The van der Waals surface area contributed by atoms with Crippen molar-refractivity contribution in [3.63, 3.8) is 0 Å². The Balaban J connectivity index is 2.11. The molecular weight excluding hydrogens is 329 g/mol. The molecule has 0 aliphatic heterocycles. The molecule has 2 aromatic rings. The van der Waals surface area contributed by atoms with Crippen molar-refractivity contribution in [1.29, 1.82) is 0 Å². The number of anilines is 1. The minimum Gasteiger partial charge on any atom is -0.494 e. The SMILES string of the molecule is CCOc1ccc(NCc2cc(Cl)ccc2Cl)cc1CCl. The first-order valence-electron chi connectivity index (χ1n) is 6.63. The van der Waals surface area contributed by atoms with E-state index in [0.29, 0.717) is 29.1 Å². The number of hydrogen-bond donors (Lipinski definition) is 1. The quantitative estimate of drug-likeness (QED) is 0.674. The summed E-state index contributed by atoms with van der Waals surface area (Å²) in [5.74, 6) is 1.22. The first kappa shape index (κ1) is 16.3. The van der Waals surface area contributed by atoms with Crippen LogP contribution in [-0.4, -0.2) is 6.61 Å². The molecule has 0 heterocycles. The lowest BCUT2D eigenvalue weighted by Crippen LogP contribution is -2.02. The smallest absolute Gasteiger partial charge is 0.123 e. The highest BCUT2D eigenvalue weighted by atomic mass is 35.5. The molecule has 2 aromatic carbocycles. The van der Waals surface area contributed by atoms with Crippen LogP contribution in [0.3, 0.4) is 0 Å². The molecule has 0 atom stereocenters. The van der Waals surface area contributed by atoms with Gasteiger partial charge in [0, 0.05) is 27.8 Å². The van der Waals surface area contributed by atoms with Crippen molar-refractivity contribution in [3.8, 4) is 5.75 Å². The van der Waals surface area contributed by atoms with Crippen LogP contribution in [0, 0.1) is 0 Å². The van der Waals surface area contributed by atoms with Gasteiger partial charge in [0.15, 0.2) is 0 Å². The number of hydrogen-bond acceptors (Lipinski definition) is 2. The summed E-state index contributed by atoms with van der Waals surface area (Å²) in [4.78, 5) is 0. The molecule has 0 radical (unpaired) electrons. The first-order valence-corrected chi connectivity index (χ1v) is 7.92. The van der Waals surface area contributed by atoms with Crippen LogP contribution in [0.1, 0.15) is 18.1 Å². The van der Waals surface area contributed by atoms with E-state index in [1.807, 2.05) is 31.2 Å². The molecule has 0 aliphatic carbocycles. The van der Waals surface area contributed by atoms with E-state index in [9.17, 15) is 0 Å². The lowest BCUT2D eigenvalue weighted by molar-refractivity contribution is 0.337. The van der Waals surface area contributed by atoms with E-state index in [0.717, 1.165) is 22.6 Å². The van der Waals surface area contributed by atoms with Crippen LogP contribution in [0.4, 0.5) is 5.69 Å². The van der Waals surface area contributed by atoms with Crippen molar-refractivity contribution in [2.75, 3.05) is 11.9 Å². The molecule has 0 spiro atoms. The molecular formula is C16H16Cl3NO. The first-order chi connectivity index (χ1) is 10.1. The highest BCUT2D eigenvalue weighted by molar-refractivity contribution is 6.33. The predicted molar refractivity (Wildman–Crippen MR) is 91.0 cm³/mol. The molecule has 5 heteroatoms. The van der Waals surface area contributed by atoms with Gasteiger partial charge in [-0.05, 0) is 48.9 Å². The van der Waals surface area contributed by atoms with E-state index in [1.54, 1.807) is 12.1 Å². The van der Waals surface area contributed by atoms with Crippen LogP contribution in [0.2, 0.25) is 10.0 Å². The molecule has 0 amide bonds. The van der Waals surface area contributed by atoms with Gasteiger partial charge in [-0.25, -0.2) is 0 Å². The zero-order chi connectivity index (χ0) is 15.2. The molecule has 112 valence electrons. The van der Waals surface area contributed by atoms with Gasteiger partial charge in [-0.2, -0.15) is 0 Å². The maximum absolute atomic E-state index is 6.15. The second-order valence-electron chi connectivity index (χ2n) is 4.48. The van der Waals surface area contributed by atoms with Crippen LogP contribution in [-0.2, 0) is 12.4 Å². The van der Waals surface area contributed by atoms with Gasteiger partial charge in [-0.15, -0.1) is 11.6 Å². The summed E-state index contributed by atoms with van der Waals surface area (Å²) >= 11 is 18.1. The molecule has 2 rings (SSSR count). The summed E-state index contributed by atoms with van der Waals surface area (Å²) in [6, 6.07) is 11.3. The van der Waals surface area contributed by atoms with E-state index in [4.69, 9.17) is 39.5 Å². The number of ether oxygens (including phenoxy) is 1. The van der Waals surface area contributed by atoms with Gasteiger partial charge in [0.1, 0.15) is 5.75 Å². The Morgan fingerprint density at radius 3 is 2.57 bits per heavy atom. The van der Waals surface area contributed by atoms with Gasteiger partial charge in [0.25, 0.3) is 0 Å². The Morgan fingerprint density at radius 1 is 1.05 bits per heavy atom. The maximum Gasteiger partial charge on any atom is 0.123 e. The second kappa shape index (κ2) is 7.79. The number of alkyl halides is 1. The summed E-state index contributed by atoms with van der Waals surface area (Å²) in [5, 5.41) is 4.68. The van der Waals surface area contributed by atoms with E-state index in [1.165, 1.54) is 0 Å². The van der Waals surface area contributed by atoms with Crippen LogP contribution >= 0.6 is 34.8 Å². The molecule has 0 bridgehead atoms. The summed E-state index contributed by atoms with van der Waals surface area (Å²) < 4.78 is 5.53. The van der Waals surface area contributed by atoms with Crippen LogP contribution in [0.5, 0.6) is 5.75 Å². The van der Waals surface area contributed by atoms with Gasteiger partial charge in [-0.3, -0.25) is 0 Å². The highest BCUT2D eigenvalue weighted by Crippen LogP contribution is 2.26. The van der Waals surface area contributed by atoms with Crippen molar-refractivity contribution < 1.29 is 4.74 Å². The molecule has 0 fully saturated rings. The zero-order valence-electron chi connectivity index (χ0n) is 11.6. The van der Waals surface area contributed by atoms with Crippen LogP contribution in [0.15, 0.2) is 36.4 Å². The van der Waals surface area contributed by atoms with E-state index < -0.39 is 0 Å². The minimum absolute atomic E-state index is 0.406. The molecule has 1 N–H and O–H groups in total. The Morgan fingerprint density at radius 2 is 1.86 bits per heavy atom. The van der Waals surface area contributed by atoms with E-state index in [-0.39, 0.29) is 0 Å². The van der Waals surface area contributed by atoms with Gasteiger partial charge < -0.3 is 10.1 Å². The second-order valence-corrected chi connectivity index (χ2v) is 5.59. The Hall–Kier alpha value is -1.09. The molecule has 21 heavy (non-hydrogen) atoms. The average molecular weight is 345 g/mol. The minimum atomic E-state index is 0.406. The summed E-state index contributed by atoms with van der Waals surface area (Å²) in [6.07, 6.45) is 0. The van der Waals surface area contributed by atoms with Crippen molar-refractivity contribution in [2.45, 2.75) is 19.3 Å². The molecule has 0 unspecified atom stereocenters.